The van der Waals surface area contributed by atoms with Crippen molar-refractivity contribution < 1.29 is 0 Å². The van der Waals surface area contributed by atoms with Gasteiger partial charge in [-0.05, 0) is 40.1 Å². The van der Waals surface area contributed by atoms with Gasteiger partial charge in [0.1, 0.15) is 0 Å². The van der Waals surface area contributed by atoms with Gasteiger partial charge >= 0.3 is 0 Å². The Bertz CT molecular complexity index is 765. The van der Waals surface area contributed by atoms with Crippen molar-refractivity contribution in [2.24, 2.45) is 0 Å². The van der Waals surface area contributed by atoms with Crippen LogP contribution in [-0.4, -0.2) is 4.98 Å². The van der Waals surface area contributed by atoms with Crippen LogP contribution in [0.1, 0.15) is 16.8 Å². The van der Waals surface area contributed by atoms with Crippen molar-refractivity contribution in [1.29, 1.82) is 0 Å². The predicted octanol–water partition coefficient (Wildman–Crippen LogP) is 4.14. The van der Waals surface area contributed by atoms with E-state index in [1.807, 2.05) is 18.3 Å². The number of benzene rings is 2. The highest BCUT2D eigenvalue weighted by molar-refractivity contribution is 6.12. The zero-order valence-corrected chi connectivity index (χ0v) is 9.80. The zero-order chi connectivity index (χ0) is 11.9. The summed E-state index contributed by atoms with van der Waals surface area (Å²) in [5.74, 6) is 0. The Balaban J connectivity index is 2.04. The van der Waals surface area contributed by atoms with Crippen molar-refractivity contribution in [3.05, 3.63) is 77.6 Å². The van der Waals surface area contributed by atoms with Gasteiger partial charge in [0, 0.05) is 11.8 Å². The summed E-state index contributed by atoms with van der Waals surface area (Å²) in [5.41, 5.74) is 4.86. The molecule has 2 aromatic carbocycles. The summed E-state index contributed by atoms with van der Waals surface area (Å²) in [7, 11) is 0. The molecule has 84 valence electrons. The predicted molar refractivity (Wildman–Crippen MR) is 75.2 cm³/mol. The molecule has 0 bridgehead atoms. The second-order valence-electron chi connectivity index (χ2n) is 4.52. The second kappa shape index (κ2) is 3.54. The lowest BCUT2D eigenvalue weighted by Crippen LogP contribution is -1.88. The van der Waals surface area contributed by atoms with Gasteiger partial charge in [-0.15, -0.1) is 0 Å². The molecule has 0 saturated carbocycles. The molecule has 1 aliphatic rings. The van der Waals surface area contributed by atoms with Crippen molar-refractivity contribution in [2.45, 2.75) is 0 Å². The summed E-state index contributed by atoms with van der Waals surface area (Å²) in [6.07, 6.45) is 4.08. The van der Waals surface area contributed by atoms with E-state index in [9.17, 15) is 0 Å². The maximum Gasteiger partial charge on any atom is 0.0708 e. The van der Waals surface area contributed by atoms with Crippen LogP contribution >= 0.6 is 0 Å². The third-order valence-electron chi connectivity index (χ3n) is 3.47. The van der Waals surface area contributed by atoms with Crippen molar-refractivity contribution >= 4 is 22.4 Å². The zero-order valence-electron chi connectivity index (χ0n) is 9.80. The Morgan fingerprint density at radius 2 is 1.67 bits per heavy atom. The van der Waals surface area contributed by atoms with Crippen molar-refractivity contribution in [1.82, 2.24) is 4.98 Å². The van der Waals surface area contributed by atoms with E-state index in [-0.39, 0.29) is 0 Å². The molecule has 4 rings (SSSR count). The molecule has 1 nitrogen and oxygen atoms in total. The van der Waals surface area contributed by atoms with E-state index in [1.54, 1.807) is 0 Å². The lowest BCUT2D eigenvalue weighted by atomic mass is 10.0. The molecule has 0 unspecified atom stereocenters. The number of rotatable bonds is 1. The highest BCUT2D eigenvalue weighted by Gasteiger charge is 2.17. The highest BCUT2D eigenvalue weighted by Crippen LogP contribution is 2.38. The van der Waals surface area contributed by atoms with Crippen molar-refractivity contribution in [3.8, 4) is 0 Å². The summed E-state index contributed by atoms with van der Waals surface area (Å²) in [6, 6.07) is 19.0. The van der Waals surface area contributed by atoms with Crippen molar-refractivity contribution in [2.75, 3.05) is 0 Å². The Kier molecular flexibility index (Phi) is 1.89. The highest BCUT2D eigenvalue weighted by atomic mass is 14.7. The van der Waals surface area contributed by atoms with Gasteiger partial charge in [0.25, 0.3) is 0 Å². The molecule has 0 aliphatic heterocycles. The quantitative estimate of drug-likeness (QED) is 0.478. The molecule has 1 heteroatoms. The van der Waals surface area contributed by atoms with Gasteiger partial charge in [-0.3, -0.25) is 4.98 Å². The standard InChI is InChI=1S/C17H11N/c1-2-10-18-16(9-1)15-11-13-7-3-5-12-6-4-8-14(15)17(12)13/h1-11H. The summed E-state index contributed by atoms with van der Waals surface area (Å²) in [6.45, 7) is 0. The normalized spacial score (nSPS) is 12.8. The molecule has 0 spiro atoms. The maximum absolute atomic E-state index is 4.46. The van der Waals surface area contributed by atoms with E-state index in [0.29, 0.717) is 0 Å². The molecular weight excluding hydrogens is 218 g/mol. The smallest absolute Gasteiger partial charge is 0.0708 e. The van der Waals surface area contributed by atoms with Crippen LogP contribution in [0, 0.1) is 0 Å². The Hall–Kier alpha value is -2.41. The number of hydrogen-bond donors (Lipinski definition) is 0. The third-order valence-corrected chi connectivity index (χ3v) is 3.47. The Morgan fingerprint density at radius 1 is 0.778 bits per heavy atom. The Labute approximate surface area is 105 Å². The average molecular weight is 229 g/mol. The first kappa shape index (κ1) is 9.60. The van der Waals surface area contributed by atoms with Crippen LogP contribution in [0.2, 0.25) is 0 Å². The van der Waals surface area contributed by atoms with Gasteiger partial charge in [-0.1, -0.05) is 42.5 Å². The molecule has 0 radical (unpaired) electrons. The van der Waals surface area contributed by atoms with E-state index in [0.717, 1.165) is 5.69 Å². The second-order valence-corrected chi connectivity index (χ2v) is 4.52. The summed E-state index contributed by atoms with van der Waals surface area (Å²) < 4.78 is 0. The number of hydrogen-bond acceptors (Lipinski definition) is 1. The molecular formula is C17H11N. The number of nitrogens with zero attached hydrogens (tertiary/aromatic N) is 1. The minimum atomic E-state index is 1.04. The first-order chi connectivity index (χ1) is 8.93. The van der Waals surface area contributed by atoms with Gasteiger partial charge in [-0.25, -0.2) is 0 Å². The maximum atomic E-state index is 4.46. The minimum absolute atomic E-state index is 1.04. The van der Waals surface area contributed by atoms with Gasteiger partial charge in [0.2, 0.25) is 0 Å². The molecule has 0 fully saturated rings. The van der Waals surface area contributed by atoms with E-state index < -0.39 is 0 Å². The monoisotopic (exact) mass is 229 g/mol. The summed E-state index contributed by atoms with van der Waals surface area (Å²) in [4.78, 5) is 4.46. The van der Waals surface area contributed by atoms with Gasteiger partial charge in [0.15, 0.2) is 0 Å². The van der Waals surface area contributed by atoms with Crippen LogP contribution in [0.3, 0.4) is 0 Å². The summed E-state index contributed by atoms with van der Waals surface area (Å²) in [5, 5.41) is 2.65. The molecule has 1 aliphatic carbocycles. The summed E-state index contributed by atoms with van der Waals surface area (Å²) >= 11 is 0. The van der Waals surface area contributed by atoms with E-state index in [4.69, 9.17) is 0 Å². The third kappa shape index (κ3) is 1.25. The van der Waals surface area contributed by atoms with Gasteiger partial charge < -0.3 is 0 Å². The van der Waals surface area contributed by atoms with Gasteiger partial charge in [-0.2, -0.15) is 0 Å². The molecule has 18 heavy (non-hydrogen) atoms. The van der Waals surface area contributed by atoms with E-state index in [1.165, 1.54) is 27.5 Å². The molecule has 0 amide bonds. The fourth-order valence-electron chi connectivity index (χ4n) is 2.68. The molecule has 0 N–H and O–H groups in total. The number of pyridine rings is 1. The van der Waals surface area contributed by atoms with E-state index >= 15 is 0 Å². The first-order valence-electron chi connectivity index (χ1n) is 6.09. The van der Waals surface area contributed by atoms with Crippen LogP contribution in [0.4, 0.5) is 0 Å². The largest absolute Gasteiger partial charge is 0.256 e. The molecule has 1 aromatic heterocycles. The molecule has 0 saturated heterocycles. The van der Waals surface area contributed by atoms with E-state index in [2.05, 4.69) is 53.5 Å². The van der Waals surface area contributed by atoms with Crippen LogP contribution in [0.25, 0.3) is 22.4 Å². The van der Waals surface area contributed by atoms with Crippen LogP contribution in [0.5, 0.6) is 0 Å². The average Bonchev–Trinajstić information content (AvgIpc) is 2.82. The van der Waals surface area contributed by atoms with Crippen molar-refractivity contribution in [3.63, 3.8) is 0 Å². The topological polar surface area (TPSA) is 12.9 Å². The SMILES string of the molecule is C1=C(c2ccccn2)c2cccc3cccc1c23. The molecule has 3 aromatic rings. The number of aromatic nitrogens is 1. The van der Waals surface area contributed by atoms with Crippen LogP contribution < -0.4 is 0 Å². The lowest BCUT2D eigenvalue weighted by Gasteiger charge is -2.05. The van der Waals surface area contributed by atoms with Crippen LogP contribution in [-0.2, 0) is 0 Å². The fourth-order valence-corrected chi connectivity index (χ4v) is 2.68. The molecule has 0 atom stereocenters. The lowest BCUT2D eigenvalue weighted by molar-refractivity contribution is 1.28. The molecule has 1 heterocycles. The Morgan fingerprint density at radius 3 is 2.50 bits per heavy atom. The van der Waals surface area contributed by atoms with Crippen LogP contribution in [0.15, 0.2) is 60.8 Å². The first-order valence-corrected chi connectivity index (χ1v) is 6.09. The van der Waals surface area contributed by atoms with Gasteiger partial charge in [0.05, 0.1) is 5.69 Å². The minimum Gasteiger partial charge on any atom is -0.256 e. The fraction of sp³-hybridized carbons (Fsp3) is 0.